The molecule has 4 rings (SSSR count). The molecule has 2 aliphatic rings. The van der Waals surface area contributed by atoms with E-state index in [4.69, 9.17) is 17.3 Å². The van der Waals surface area contributed by atoms with Crippen LogP contribution in [-0.4, -0.2) is 20.2 Å². The van der Waals surface area contributed by atoms with E-state index in [9.17, 15) is 0 Å². The lowest BCUT2D eigenvalue weighted by atomic mass is 10.0. The Balaban J connectivity index is 1.69. The summed E-state index contributed by atoms with van der Waals surface area (Å²) < 4.78 is 1.90. The van der Waals surface area contributed by atoms with Crippen LogP contribution in [0.15, 0.2) is 18.2 Å². The molecule has 2 aromatic rings. The van der Waals surface area contributed by atoms with Gasteiger partial charge in [0, 0.05) is 5.56 Å². The molecular weight excluding hydrogens is 274 g/mol. The van der Waals surface area contributed by atoms with Gasteiger partial charge in [-0.15, -0.1) is 5.10 Å². The van der Waals surface area contributed by atoms with Crippen LogP contribution in [0.2, 0.25) is 5.02 Å². The molecule has 104 valence electrons. The second-order valence-corrected chi connectivity index (χ2v) is 6.41. The highest BCUT2D eigenvalue weighted by Gasteiger charge is 2.54. The van der Waals surface area contributed by atoms with E-state index in [1.807, 2.05) is 16.8 Å². The summed E-state index contributed by atoms with van der Waals surface area (Å²) in [6.07, 6.45) is 5.30. The van der Waals surface area contributed by atoms with Crippen molar-refractivity contribution in [3.63, 3.8) is 0 Å². The number of halogens is 1. The van der Waals surface area contributed by atoms with Gasteiger partial charge in [0.15, 0.2) is 5.82 Å². The molecule has 20 heavy (non-hydrogen) atoms. The molecule has 5 nitrogen and oxygen atoms in total. The number of hydrogen-bond acceptors (Lipinski definition) is 4. The number of nitrogen functional groups attached to an aromatic ring is 1. The molecule has 2 aliphatic carbocycles. The van der Waals surface area contributed by atoms with Crippen molar-refractivity contribution in [1.82, 2.24) is 20.2 Å². The summed E-state index contributed by atoms with van der Waals surface area (Å²) in [5.74, 6) is 1.59. The first-order valence-corrected chi connectivity index (χ1v) is 7.38. The van der Waals surface area contributed by atoms with Gasteiger partial charge in [0.25, 0.3) is 0 Å². The van der Waals surface area contributed by atoms with Crippen molar-refractivity contribution in [2.24, 2.45) is 11.3 Å². The first kappa shape index (κ1) is 12.1. The monoisotopic (exact) mass is 289 g/mol. The van der Waals surface area contributed by atoms with Crippen molar-refractivity contribution in [2.45, 2.75) is 32.2 Å². The SMILES string of the molecule is Nc1c(Cl)cccc1-c1nnnn1CC1(C2CC2)CC1. The summed E-state index contributed by atoms with van der Waals surface area (Å²) in [4.78, 5) is 0. The third kappa shape index (κ3) is 1.88. The maximum atomic E-state index is 6.09. The van der Waals surface area contributed by atoms with Gasteiger partial charge in [0.05, 0.1) is 17.3 Å². The molecule has 0 spiro atoms. The quantitative estimate of drug-likeness (QED) is 0.879. The highest BCUT2D eigenvalue weighted by Crippen LogP contribution is 2.62. The zero-order chi connectivity index (χ0) is 13.7. The molecule has 1 heterocycles. The summed E-state index contributed by atoms with van der Waals surface area (Å²) in [5, 5.41) is 12.7. The Bertz CT molecular complexity index is 657. The number of rotatable bonds is 4. The van der Waals surface area contributed by atoms with Crippen LogP contribution in [0, 0.1) is 11.3 Å². The molecule has 2 saturated carbocycles. The number of aromatic nitrogens is 4. The van der Waals surface area contributed by atoms with Crippen LogP contribution in [0.25, 0.3) is 11.4 Å². The minimum Gasteiger partial charge on any atom is -0.397 e. The normalized spacial score (nSPS) is 20.1. The van der Waals surface area contributed by atoms with Crippen LogP contribution in [0.1, 0.15) is 25.7 Å². The molecule has 1 aromatic heterocycles. The number of nitrogens with two attached hydrogens (primary N) is 1. The van der Waals surface area contributed by atoms with Crippen LogP contribution in [0.5, 0.6) is 0 Å². The van der Waals surface area contributed by atoms with E-state index in [0.717, 1.165) is 23.9 Å². The molecule has 0 amide bonds. The summed E-state index contributed by atoms with van der Waals surface area (Å²) >= 11 is 6.09. The van der Waals surface area contributed by atoms with Crippen molar-refractivity contribution in [2.75, 3.05) is 5.73 Å². The Kier molecular flexibility index (Phi) is 2.54. The van der Waals surface area contributed by atoms with Crippen LogP contribution in [0.3, 0.4) is 0 Å². The second-order valence-electron chi connectivity index (χ2n) is 6.00. The highest BCUT2D eigenvalue weighted by atomic mass is 35.5. The Morgan fingerprint density at radius 2 is 2.15 bits per heavy atom. The fraction of sp³-hybridized carbons (Fsp3) is 0.500. The molecular formula is C14H16ClN5. The number of tetrazole rings is 1. The van der Waals surface area contributed by atoms with Gasteiger partial charge in [-0.25, -0.2) is 4.68 Å². The maximum absolute atomic E-state index is 6.09. The van der Waals surface area contributed by atoms with Gasteiger partial charge < -0.3 is 5.73 Å². The molecule has 2 fully saturated rings. The Hall–Kier alpha value is -1.62. The van der Waals surface area contributed by atoms with Gasteiger partial charge in [-0.2, -0.15) is 0 Å². The molecule has 6 heteroatoms. The van der Waals surface area contributed by atoms with Crippen molar-refractivity contribution in [3.05, 3.63) is 23.2 Å². The van der Waals surface area contributed by atoms with E-state index in [2.05, 4.69) is 15.5 Å². The predicted molar refractivity (Wildman–Crippen MR) is 77.1 cm³/mol. The number of nitrogens with zero attached hydrogens (tertiary/aromatic N) is 4. The molecule has 0 radical (unpaired) electrons. The van der Waals surface area contributed by atoms with Crippen molar-refractivity contribution >= 4 is 17.3 Å². The van der Waals surface area contributed by atoms with Gasteiger partial charge in [0.2, 0.25) is 0 Å². The molecule has 1 aromatic carbocycles. The van der Waals surface area contributed by atoms with E-state index in [0.29, 0.717) is 16.1 Å². The first-order valence-electron chi connectivity index (χ1n) is 7.00. The average Bonchev–Trinajstić information content (AvgIpc) is 3.32. The van der Waals surface area contributed by atoms with Crippen molar-refractivity contribution < 1.29 is 0 Å². The predicted octanol–water partition coefficient (Wildman–Crippen LogP) is 2.77. The van der Waals surface area contributed by atoms with Crippen LogP contribution in [0.4, 0.5) is 5.69 Å². The highest BCUT2D eigenvalue weighted by molar-refractivity contribution is 6.33. The van der Waals surface area contributed by atoms with Gasteiger partial charge in [-0.05, 0) is 59.6 Å². The van der Waals surface area contributed by atoms with Crippen LogP contribution in [-0.2, 0) is 6.54 Å². The third-order valence-electron chi connectivity index (χ3n) is 4.63. The lowest BCUT2D eigenvalue weighted by molar-refractivity contribution is 0.348. The number of hydrogen-bond donors (Lipinski definition) is 1. The van der Waals surface area contributed by atoms with Crippen molar-refractivity contribution in [1.29, 1.82) is 0 Å². The largest absolute Gasteiger partial charge is 0.397 e. The summed E-state index contributed by atoms with van der Waals surface area (Å²) in [7, 11) is 0. The Morgan fingerprint density at radius 1 is 1.35 bits per heavy atom. The molecule has 0 atom stereocenters. The number of benzene rings is 1. The van der Waals surface area contributed by atoms with E-state index in [1.165, 1.54) is 25.7 Å². The van der Waals surface area contributed by atoms with Crippen LogP contribution >= 0.6 is 11.6 Å². The lowest BCUT2D eigenvalue weighted by Gasteiger charge is -2.15. The molecule has 0 bridgehead atoms. The van der Waals surface area contributed by atoms with Crippen LogP contribution < -0.4 is 5.73 Å². The van der Waals surface area contributed by atoms with Crippen molar-refractivity contribution in [3.8, 4) is 11.4 Å². The standard InChI is InChI=1S/C14H16ClN5/c15-11-3-1-2-10(12(11)16)13-17-18-19-20(13)8-14(6-7-14)9-4-5-9/h1-3,9H,4-8,16H2. The number of anilines is 1. The minimum absolute atomic E-state index is 0.442. The van der Waals surface area contributed by atoms with E-state index in [1.54, 1.807) is 6.07 Å². The average molecular weight is 290 g/mol. The maximum Gasteiger partial charge on any atom is 0.184 e. The van der Waals surface area contributed by atoms with Gasteiger partial charge in [0.1, 0.15) is 0 Å². The second kappa shape index (κ2) is 4.19. The minimum atomic E-state index is 0.442. The van der Waals surface area contributed by atoms with E-state index >= 15 is 0 Å². The zero-order valence-corrected chi connectivity index (χ0v) is 11.8. The molecule has 0 aliphatic heterocycles. The Labute approximate surface area is 122 Å². The molecule has 0 saturated heterocycles. The third-order valence-corrected chi connectivity index (χ3v) is 4.96. The zero-order valence-electron chi connectivity index (χ0n) is 11.1. The fourth-order valence-corrected chi connectivity index (χ4v) is 3.26. The summed E-state index contributed by atoms with van der Waals surface area (Å²) in [6, 6.07) is 5.57. The fourth-order valence-electron chi connectivity index (χ4n) is 3.09. The first-order chi connectivity index (χ1) is 9.70. The number of para-hydroxylation sites is 1. The Morgan fingerprint density at radius 3 is 2.85 bits per heavy atom. The van der Waals surface area contributed by atoms with Gasteiger partial charge in [-0.3, -0.25) is 0 Å². The summed E-state index contributed by atoms with van der Waals surface area (Å²) in [6.45, 7) is 0.895. The molecule has 2 N–H and O–H groups in total. The van der Waals surface area contributed by atoms with E-state index in [-0.39, 0.29) is 0 Å². The lowest BCUT2D eigenvalue weighted by Crippen LogP contribution is -2.16. The van der Waals surface area contributed by atoms with E-state index < -0.39 is 0 Å². The molecule has 0 unspecified atom stereocenters. The topological polar surface area (TPSA) is 69.6 Å². The smallest absolute Gasteiger partial charge is 0.184 e. The summed E-state index contributed by atoms with van der Waals surface area (Å²) in [5.41, 5.74) is 7.85. The van der Waals surface area contributed by atoms with Gasteiger partial charge in [-0.1, -0.05) is 17.7 Å². The van der Waals surface area contributed by atoms with Gasteiger partial charge >= 0.3 is 0 Å².